The summed E-state index contributed by atoms with van der Waals surface area (Å²) in [5, 5.41) is 19.4. The molecular weight excluding hydrogens is 1460 g/mol. The molecule has 0 radical (unpaired) electrons. The van der Waals surface area contributed by atoms with Gasteiger partial charge in [0, 0.05) is 111 Å². The lowest BCUT2D eigenvalue weighted by Gasteiger charge is -2.40. The first-order valence-electron chi connectivity index (χ1n) is 40.3. The molecule has 0 fully saturated rings. The Balaban J connectivity index is 0.0000000966. The van der Waals surface area contributed by atoms with E-state index >= 15 is 0 Å². The maximum absolute atomic E-state index is 6.47. The van der Waals surface area contributed by atoms with Crippen molar-refractivity contribution in [2.24, 2.45) is 0 Å². The summed E-state index contributed by atoms with van der Waals surface area (Å²) < 4.78 is 21.7. The molecule has 10 nitrogen and oxygen atoms in total. The summed E-state index contributed by atoms with van der Waals surface area (Å²) in [7, 11) is 0. The average Bonchev–Trinajstić information content (AvgIpc) is 1.52. The van der Waals surface area contributed by atoms with E-state index < -0.39 is 22.2 Å². The zero-order chi connectivity index (χ0) is 79.2. The second kappa shape index (κ2) is 25.6. The van der Waals surface area contributed by atoms with Gasteiger partial charge in [-0.05, 0) is 145 Å². The molecule has 0 saturated heterocycles. The first-order chi connectivity index (χ1) is 56.0. The normalized spacial score (nSPS) is 18.7. The number of hydrogen-bond acceptors (Lipinski definition) is 8. The van der Waals surface area contributed by atoms with Crippen LogP contribution in [0.1, 0.15) is 172 Å². The van der Waals surface area contributed by atoms with Gasteiger partial charge in [-0.25, -0.2) is 18.7 Å². The third kappa shape index (κ3) is 10.1. The van der Waals surface area contributed by atoms with Gasteiger partial charge < -0.3 is 9.47 Å². The summed E-state index contributed by atoms with van der Waals surface area (Å²) in [6.07, 6.45) is 7.66. The van der Waals surface area contributed by atoms with E-state index in [1.165, 1.54) is 120 Å². The number of ether oxygens (including phenoxy) is 2. The highest BCUT2D eigenvalue weighted by molar-refractivity contribution is 7.99. The molecule has 568 valence electrons. The molecule has 0 bridgehead atoms. The van der Waals surface area contributed by atoms with Gasteiger partial charge in [-0.2, -0.15) is 20.4 Å². The van der Waals surface area contributed by atoms with Crippen molar-refractivity contribution < 1.29 is 9.47 Å². The molecule has 0 amide bonds. The molecule has 8 aliphatic heterocycles. The standard InChI is InChI=1S/2C26H22N2O.2C26H22N2S/c1-25(2,3)17-12-13-24-21(16-17)26(20-10-6-7-11-23(20)29-24)19-9-5-4-8-18(19)22-14-15-27-28(22)26;1-25(2,3)17-12-13-21-24(16-17)29-23-11-7-6-10-20(23)26(21)19-9-5-4-8-18(19)22-14-15-27-28(22)26;1-25(2,3)17-12-13-24-21(16-17)26(20-10-6-7-11-23(20)29-24)19-9-5-4-8-18(19)22-14-15-27-28(22)26;1-25(2,3)17-12-13-21-24(16-17)29-23-11-7-6-10-20(23)26(21)19-9-5-4-8-18(19)22-14-15-27-28(22)26/h4*4-16H,1-3H3. The van der Waals surface area contributed by atoms with Gasteiger partial charge in [-0.3, -0.25) is 0 Å². The third-order valence-electron chi connectivity index (χ3n) is 25.1. The highest BCUT2D eigenvalue weighted by atomic mass is 32.2. The van der Waals surface area contributed by atoms with Crippen molar-refractivity contribution in [3.05, 3.63) is 405 Å². The van der Waals surface area contributed by atoms with E-state index in [2.05, 4.69) is 381 Å². The number of aromatic nitrogens is 8. The van der Waals surface area contributed by atoms with Crippen molar-refractivity contribution in [1.29, 1.82) is 0 Å². The minimum Gasteiger partial charge on any atom is -0.457 e. The van der Waals surface area contributed by atoms with E-state index in [0.29, 0.717) is 0 Å². The monoisotopic (exact) mass is 1540 g/mol. The third-order valence-corrected chi connectivity index (χ3v) is 27.4. The Kier molecular flexibility index (Phi) is 15.8. The largest absolute Gasteiger partial charge is 0.457 e. The molecule has 4 spiro atoms. The Bertz CT molecular complexity index is 6320. The highest BCUT2D eigenvalue weighted by Gasteiger charge is 2.57. The molecule has 0 saturated carbocycles. The maximum Gasteiger partial charge on any atom is 0.146 e. The van der Waals surface area contributed by atoms with Gasteiger partial charge >= 0.3 is 0 Å². The first-order valence-corrected chi connectivity index (χ1v) is 41.9. The zero-order valence-corrected chi connectivity index (χ0v) is 68.9. The van der Waals surface area contributed by atoms with E-state index in [1.54, 1.807) is 0 Å². The molecule has 12 aromatic carbocycles. The van der Waals surface area contributed by atoms with Crippen LogP contribution >= 0.6 is 23.5 Å². The average molecular weight is 1550 g/mol. The lowest BCUT2D eigenvalue weighted by molar-refractivity contribution is 0.380. The van der Waals surface area contributed by atoms with Gasteiger partial charge in [0.25, 0.3) is 0 Å². The smallest absolute Gasteiger partial charge is 0.146 e. The van der Waals surface area contributed by atoms with E-state index in [0.717, 1.165) is 56.6 Å². The molecule has 4 aromatic heterocycles. The predicted octanol–water partition coefficient (Wildman–Crippen LogP) is 25.1. The molecule has 0 aliphatic carbocycles. The SMILES string of the molecule is CC(C)(C)c1ccc2c(c1)C1(c3ccccc3O2)c2ccccc2-c2ccnn21.CC(C)(C)c1ccc2c(c1)C1(c3ccccc3S2)c2ccccc2-c2ccnn21.CC(C)(C)c1ccc2c(c1)Oc1ccccc1C21c2ccccc2-c2ccnn21.CC(C)(C)c1ccc2c(c1)Sc1ccccc1C21c2ccccc2-c2ccnn21. The van der Waals surface area contributed by atoms with Crippen LogP contribution in [0.3, 0.4) is 0 Å². The Morgan fingerprint density at radius 3 is 0.940 bits per heavy atom. The topological polar surface area (TPSA) is 89.7 Å². The van der Waals surface area contributed by atoms with Gasteiger partial charge in [-0.15, -0.1) is 0 Å². The quantitative estimate of drug-likeness (QED) is 0.148. The summed E-state index contributed by atoms with van der Waals surface area (Å²) in [6, 6.07) is 105. The van der Waals surface area contributed by atoms with Gasteiger partial charge in [0.2, 0.25) is 0 Å². The van der Waals surface area contributed by atoms with E-state index in [9.17, 15) is 0 Å². The van der Waals surface area contributed by atoms with Crippen molar-refractivity contribution in [1.82, 2.24) is 39.1 Å². The Morgan fingerprint density at radius 2 is 0.500 bits per heavy atom. The fourth-order valence-corrected chi connectivity index (χ4v) is 22.1. The van der Waals surface area contributed by atoms with Crippen LogP contribution in [0.5, 0.6) is 23.0 Å². The summed E-state index contributed by atoms with van der Waals surface area (Å²) in [5.41, 5.74) is 28.4. The van der Waals surface area contributed by atoms with Gasteiger partial charge in [0.1, 0.15) is 45.2 Å². The number of hydrogen-bond donors (Lipinski definition) is 0. The number of nitrogens with zero attached hydrogens (tertiary/aromatic N) is 8. The lowest BCUT2D eigenvalue weighted by atomic mass is 9.73. The second-order valence-electron chi connectivity index (χ2n) is 35.8. The van der Waals surface area contributed by atoms with Crippen LogP contribution in [0, 0.1) is 0 Å². The molecule has 8 aliphatic rings. The van der Waals surface area contributed by atoms with Crippen LogP contribution in [-0.4, -0.2) is 39.1 Å². The maximum atomic E-state index is 6.47. The number of benzene rings is 12. The van der Waals surface area contributed by atoms with E-state index in [4.69, 9.17) is 29.9 Å². The fraction of sp³-hybridized carbons (Fsp3) is 0.192. The van der Waals surface area contributed by atoms with Crippen LogP contribution in [0.4, 0.5) is 0 Å². The number of para-hydroxylation sites is 2. The second-order valence-corrected chi connectivity index (χ2v) is 37.9. The van der Waals surface area contributed by atoms with Crippen LogP contribution in [0.25, 0.3) is 45.0 Å². The predicted molar refractivity (Wildman–Crippen MR) is 467 cm³/mol. The fourth-order valence-electron chi connectivity index (χ4n) is 19.7. The van der Waals surface area contributed by atoms with Crippen LogP contribution in [0.2, 0.25) is 0 Å². The minimum atomic E-state index is -0.527. The summed E-state index contributed by atoms with van der Waals surface area (Å²) >= 11 is 3.76. The van der Waals surface area contributed by atoms with Gasteiger partial charge in [0.05, 0.1) is 22.8 Å². The van der Waals surface area contributed by atoms with E-state index in [1.807, 2.05) is 60.4 Å². The molecule has 12 heterocycles. The van der Waals surface area contributed by atoms with Gasteiger partial charge in [0.15, 0.2) is 0 Å². The number of fused-ring (bicyclic) bond motifs is 36. The summed E-state index contributed by atoms with van der Waals surface area (Å²) in [6.45, 7) is 27.1. The molecule has 4 unspecified atom stereocenters. The van der Waals surface area contributed by atoms with Crippen molar-refractivity contribution in [2.75, 3.05) is 0 Å². The Hall–Kier alpha value is -12.2. The molecule has 116 heavy (non-hydrogen) atoms. The molecule has 0 N–H and O–H groups in total. The van der Waals surface area contributed by atoms with Crippen LogP contribution in [-0.2, 0) is 43.8 Å². The van der Waals surface area contributed by atoms with Crippen LogP contribution < -0.4 is 9.47 Å². The molecule has 24 rings (SSSR count). The first kappa shape index (κ1) is 71.6. The molecular formula is C104H88N8O2S2. The van der Waals surface area contributed by atoms with E-state index in [-0.39, 0.29) is 21.7 Å². The zero-order valence-electron chi connectivity index (χ0n) is 67.2. The van der Waals surface area contributed by atoms with Crippen molar-refractivity contribution in [3.63, 3.8) is 0 Å². The van der Waals surface area contributed by atoms with Gasteiger partial charge in [-0.1, -0.05) is 319 Å². The van der Waals surface area contributed by atoms with Crippen molar-refractivity contribution >= 4 is 23.5 Å². The highest BCUT2D eigenvalue weighted by Crippen LogP contribution is 2.64. The van der Waals surface area contributed by atoms with Crippen LogP contribution in [0.15, 0.2) is 336 Å². The Morgan fingerprint density at radius 1 is 0.224 bits per heavy atom. The molecule has 4 atom stereocenters. The summed E-state index contributed by atoms with van der Waals surface area (Å²) in [4.78, 5) is 5.26. The van der Waals surface area contributed by atoms with Crippen molar-refractivity contribution in [3.8, 4) is 68.0 Å². The molecule has 12 heteroatoms. The summed E-state index contributed by atoms with van der Waals surface area (Å²) in [5.74, 6) is 3.59. The molecule has 16 aromatic rings. The Labute approximate surface area is 686 Å². The lowest BCUT2D eigenvalue weighted by Crippen LogP contribution is -2.38. The van der Waals surface area contributed by atoms with Crippen molar-refractivity contribution in [2.45, 2.75) is 146 Å². The minimum absolute atomic E-state index is 0.0399. The number of rotatable bonds is 0.